The van der Waals surface area contributed by atoms with Gasteiger partial charge in [-0.25, -0.2) is 4.39 Å². The molecule has 0 spiro atoms. The molecular formula is C15H19FN2O. The van der Waals surface area contributed by atoms with Gasteiger partial charge in [-0.2, -0.15) is 0 Å². The fourth-order valence-electron chi connectivity index (χ4n) is 2.41. The Kier molecular flexibility index (Phi) is 4.68. The Hall–Kier alpha value is -1.68. The van der Waals surface area contributed by atoms with Gasteiger partial charge in [0.2, 0.25) is 5.91 Å². The molecule has 0 radical (unpaired) electrons. The lowest BCUT2D eigenvalue weighted by Gasteiger charge is -2.34. The van der Waals surface area contributed by atoms with Crippen molar-refractivity contribution in [1.29, 1.82) is 0 Å². The van der Waals surface area contributed by atoms with Crippen LogP contribution in [0.25, 0.3) is 6.08 Å². The molecule has 4 heteroatoms. The summed E-state index contributed by atoms with van der Waals surface area (Å²) in [7, 11) is 0. The van der Waals surface area contributed by atoms with E-state index in [1.54, 1.807) is 18.2 Å². The summed E-state index contributed by atoms with van der Waals surface area (Å²) in [5.41, 5.74) is 6.38. The zero-order valence-electron chi connectivity index (χ0n) is 10.9. The van der Waals surface area contributed by atoms with Gasteiger partial charge < -0.3 is 10.6 Å². The second kappa shape index (κ2) is 6.48. The third kappa shape index (κ3) is 3.64. The first kappa shape index (κ1) is 13.7. The van der Waals surface area contributed by atoms with Gasteiger partial charge in [-0.05, 0) is 43.0 Å². The predicted molar refractivity (Wildman–Crippen MR) is 73.8 cm³/mol. The fraction of sp³-hybridized carbons (Fsp3) is 0.400. The molecule has 0 aromatic heterocycles. The van der Waals surface area contributed by atoms with Gasteiger partial charge in [-0.1, -0.05) is 12.1 Å². The van der Waals surface area contributed by atoms with Crippen molar-refractivity contribution in [2.45, 2.75) is 25.3 Å². The van der Waals surface area contributed by atoms with Gasteiger partial charge in [-0.3, -0.25) is 4.79 Å². The standard InChI is InChI=1S/C15H19FN2O/c16-13-5-3-4-12(10-13)7-8-15(19)18-9-2-1-6-14(18)11-17/h3-5,7-8,10,14H,1-2,6,9,11,17H2/b8-7+. The summed E-state index contributed by atoms with van der Waals surface area (Å²) in [5.74, 6) is -0.341. The molecule has 19 heavy (non-hydrogen) atoms. The van der Waals surface area contributed by atoms with Gasteiger partial charge >= 0.3 is 0 Å². The average Bonchev–Trinajstić information content (AvgIpc) is 2.45. The van der Waals surface area contributed by atoms with E-state index in [0.717, 1.165) is 25.8 Å². The fourth-order valence-corrected chi connectivity index (χ4v) is 2.41. The lowest BCUT2D eigenvalue weighted by atomic mass is 10.0. The summed E-state index contributed by atoms with van der Waals surface area (Å²) in [6.07, 6.45) is 6.27. The minimum Gasteiger partial charge on any atom is -0.335 e. The molecule has 0 aliphatic carbocycles. The second-order valence-corrected chi connectivity index (χ2v) is 4.81. The van der Waals surface area contributed by atoms with Crippen LogP contribution in [-0.4, -0.2) is 29.9 Å². The highest BCUT2D eigenvalue weighted by molar-refractivity contribution is 5.92. The Morgan fingerprint density at radius 3 is 3.05 bits per heavy atom. The van der Waals surface area contributed by atoms with Crippen LogP contribution in [0, 0.1) is 5.82 Å². The number of piperidine rings is 1. The van der Waals surface area contributed by atoms with E-state index in [9.17, 15) is 9.18 Å². The molecule has 1 aliphatic heterocycles. The number of amides is 1. The van der Waals surface area contributed by atoms with Crippen molar-refractivity contribution in [1.82, 2.24) is 4.90 Å². The highest BCUT2D eigenvalue weighted by Crippen LogP contribution is 2.17. The first-order valence-electron chi connectivity index (χ1n) is 6.65. The minimum atomic E-state index is -0.299. The number of nitrogens with zero attached hydrogens (tertiary/aromatic N) is 1. The number of halogens is 1. The van der Waals surface area contributed by atoms with E-state index in [4.69, 9.17) is 5.73 Å². The second-order valence-electron chi connectivity index (χ2n) is 4.81. The smallest absolute Gasteiger partial charge is 0.246 e. The van der Waals surface area contributed by atoms with Gasteiger partial charge in [0.15, 0.2) is 0 Å². The first-order valence-corrected chi connectivity index (χ1v) is 6.65. The van der Waals surface area contributed by atoms with Crippen molar-refractivity contribution in [3.05, 3.63) is 41.7 Å². The van der Waals surface area contributed by atoms with Crippen molar-refractivity contribution in [3.8, 4) is 0 Å². The summed E-state index contributed by atoms with van der Waals surface area (Å²) < 4.78 is 13.0. The number of hydrogen-bond acceptors (Lipinski definition) is 2. The molecule has 1 aromatic rings. The van der Waals surface area contributed by atoms with Gasteiger partial charge in [-0.15, -0.1) is 0 Å². The first-order chi connectivity index (χ1) is 9.20. The Balaban J connectivity index is 2.03. The molecule has 2 N–H and O–H groups in total. The number of benzene rings is 1. The Morgan fingerprint density at radius 2 is 2.32 bits per heavy atom. The molecule has 1 saturated heterocycles. The lowest BCUT2D eigenvalue weighted by Crippen LogP contribution is -2.46. The lowest BCUT2D eigenvalue weighted by molar-refractivity contribution is -0.129. The molecular weight excluding hydrogens is 243 g/mol. The maximum atomic E-state index is 13.0. The van der Waals surface area contributed by atoms with Crippen LogP contribution in [0.3, 0.4) is 0 Å². The van der Waals surface area contributed by atoms with Gasteiger partial charge in [0.25, 0.3) is 0 Å². The van der Waals surface area contributed by atoms with Crippen LogP contribution < -0.4 is 5.73 Å². The van der Waals surface area contributed by atoms with E-state index in [0.29, 0.717) is 12.1 Å². The topological polar surface area (TPSA) is 46.3 Å². The summed E-state index contributed by atoms with van der Waals surface area (Å²) in [4.78, 5) is 13.9. The summed E-state index contributed by atoms with van der Waals surface area (Å²) in [5, 5.41) is 0. The monoisotopic (exact) mass is 262 g/mol. The molecule has 1 unspecified atom stereocenters. The number of nitrogens with two attached hydrogens (primary N) is 1. The molecule has 1 heterocycles. The molecule has 1 aromatic carbocycles. The maximum absolute atomic E-state index is 13.0. The van der Waals surface area contributed by atoms with Crippen LogP contribution in [-0.2, 0) is 4.79 Å². The van der Waals surface area contributed by atoms with E-state index in [2.05, 4.69) is 0 Å². The number of carbonyl (C=O) groups excluding carboxylic acids is 1. The van der Waals surface area contributed by atoms with Crippen molar-refractivity contribution < 1.29 is 9.18 Å². The number of carbonyl (C=O) groups is 1. The predicted octanol–water partition coefficient (Wildman–Crippen LogP) is 2.18. The number of hydrogen-bond donors (Lipinski definition) is 1. The maximum Gasteiger partial charge on any atom is 0.246 e. The van der Waals surface area contributed by atoms with Crippen LogP contribution in [0.15, 0.2) is 30.3 Å². The molecule has 1 aliphatic rings. The van der Waals surface area contributed by atoms with E-state index in [1.807, 2.05) is 4.90 Å². The quantitative estimate of drug-likeness (QED) is 0.849. The number of rotatable bonds is 3. The SMILES string of the molecule is NCC1CCCCN1C(=O)/C=C/c1cccc(F)c1. The molecule has 0 bridgehead atoms. The Bertz CT molecular complexity index is 473. The highest BCUT2D eigenvalue weighted by atomic mass is 19.1. The van der Waals surface area contributed by atoms with Crippen LogP contribution in [0.4, 0.5) is 4.39 Å². The summed E-state index contributed by atoms with van der Waals surface area (Å²) in [6.45, 7) is 1.26. The van der Waals surface area contributed by atoms with Crippen LogP contribution >= 0.6 is 0 Å². The minimum absolute atomic E-state index is 0.0422. The van der Waals surface area contributed by atoms with E-state index < -0.39 is 0 Å². The van der Waals surface area contributed by atoms with E-state index >= 15 is 0 Å². The van der Waals surface area contributed by atoms with Crippen molar-refractivity contribution in [2.75, 3.05) is 13.1 Å². The third-order valence-electron chi connectivity index (χ3n) is 3.45. The largest absolute Gasteiger partial charge is 0.335 e. The molecule has 0 saturated carbocycles. The molecule has 2 rings (SSSR count). The highest BCUT2D eigenvalue weighted by Gasteiger charge is 2.23. The zero-order valence-corrected chi connectivity index (χ0v) is 10.9. The van der Waals surface area contributed by atoms with Gasteiger partial charge in [0.05, 0.1) is 0 Å². The normalized spacial score (nSPS) is 19.9. The van der Waals surface area contributed by atoms with E-state index in [-0.39, 0.29) is 17.8 Å². The molecule has 1 atom stereocenters. The number of likely N-dealkylation sites (tertiary alicyclic amines) is 1. The van der Waals surface area contributed by atoms with E-state index in [1.165, 1.54) is 18.2 Å². The Morgan fingerprint density at radius 1 is 1.47 bits per heavy atom. The third-order valence-corrected chi connectivity index (χ3v) is 3.45. The molecule has 1 fully saturated rings. The zero-order chi connectivity index (χ0) is 13.7. The molecule has 1 amide bonds. The van der Waals surface area contributed by atoms with Gasteiger partial charge in [0, 0.05) is 25.2 Å². The molecule has 3 nitrogen and oxygen atoms in total. The summed E-state index contributed by atoms with van der Waals surface area (Å²) >= 11 is 0. The van der Waals surface area contributed by atoms with Crippen molar-refractivity contribution >= 4 is 12.0 Å². The van der Waals surface area contributed by atoms with Crippen molar-refractivity contribution in [2.24, 2.45) is 5.73 Å². The van der Waals surface area contributed by atoms with Crippen molar-refractivity contribution in [3.63, 3.8) is 0 Å². The molecule has 102 valence electrons. The van der Waals surface area contributed by atoms with Gasteiger partial charge in [0.1, 0.15) is 5.82 Å². The van der Waals surface area contributed by atoms with Crippen LogP contribution in [0.1, 0.15) is 24.8 Å². The average molecular weight is 262 g/mol. The Labute approximate surface area is 112 Å². The van der Waals surface area contributed by atoms with Crippen LogP contribution in [0.2, 0.25) is 0 Å². The summed E-state index contributed by atoms with van der Waals surface area (Å²) in [6, 6.07) is 6.32. The van der Waals surface area contributed by atoms with Crippen LogP contribution in [0.5, 0.6) is 0 Å².